The van der Waals surface area contributed by atoms with Gasteiger partial charge in [-0.25, -0.2) is 0 Å². The van der Waals surface area contributed by atoms with Gasteiger partial charge in [-0.1, -0.05) is 33.8 Å². The van der Waals surface area contributed by atoms with Crippen molar-refractivity contribution >= 4 is 27.7 Å². The minimum atomic E-state index is 0.255. The molecule has 0 aliphatic heterocycles. The zero-order valence-electron chi connectivity index (χ0n) is 15.6. The topological polar surface area (TPSA) is 49.2 Å². The summed E-state index contributed by atoms with van der Waals surface area (Å²) in [4.78, 5) is 0. The first-order valence-corrected chi connectivity index (χ1v) is 10.5. The molecule has 2 aromatic carbocycles. The predicted octanol–water partition coefficient (Wildman–Crippen LogP) is 5.47. The third kappa shape index (κ3) is 5.05. The Morgan fingerprint density at radius 1 is 1.07 bits per heavy atom. The first-order valence-electron chi connectivity index (χ1n) is 8.69. The van der Waals surface area contributed by atoms with E-state index < -0.39 is 0 Å². The van der Waals surface area contributed by atoms with Crippen LogP contribution in [0.4, 0.5) is 0 Å². The van der Waals surface area contributed by atoms with Gasteiger partial charge in [-0.3, -0.25) is 4.57 Å². The van der Waals surface area contributed by atoms with Gasteiger partial charge in [0.05, 0.1) is 13.7 Å². The van der Waals surface area contributed by atoms with E-state index in [1.54, 1.807) is 18.9 Å². The molecule has 0 aliphatic carbocycles. The molecule has 27 heavy (non-hydrogen) atoms. The molecule has 1 aromatic heterocycles. The lowest BCUT2D eigenvalue weighted by molar-refractivity contribution is 0.343. The molecular weight excluding hydrogens is 426 g/mol. The summed E-state index contributed by atoms with van der Waals surface area (Å²) in [6.45, 7) is 4.88. The van der Waals surface area contributed by atoms with Crippen molar-refractivity contribution in [1.29, 1.82) is 0 Å². The fourth-order valence-electron chi connectivity index (χ4n) is 2.63. The zero-order valence-corrected chi connectivity index (χ0v) is 18.0. The third-order valence-electron chi connectivity index (χ3n) is 3.91. The molecular formula is C20H22BrN3O2S. The van der Waals surface area contributed by atoms with Crippen LogP contribution in [0.3, 0.4) is 0 Å². The Morgan fingerprint density at radius 3 is 2.52 bits per heavy atom. The van der Waals surface area contributed by atoms with Gasteiger partial charge >= 0.3 is 0 Å². The molecule has 142 valence electrons. The van der Waals surface area contributed by atoms with E-state index in [9.17, 15) is 0 Å². The molecule has 0 aliphatic rings. The van der Waals surface area contributed by atoms with Gasteiger partial charge in [0.15, 0.2) is 11.0 Å². The van der Waals surface area contributed by atoms with E-state index in [1.807, 2.05) is 48.5 Å². The van der Waals surface area contributed by atoms with Crippen LogP contribution in [0.15, 0.2) is 58.2 Å². The van der Waals surface area contributed by atoms with Crippen LogP contribution in [0.5, 0.6) is 11.5 Å². The van der Waals surface area contributed by atoms with Gasteiger partial charge in [-0.05, 0) is 56.3 Å². The Balaban J connectivity index is 1.67. The summed E-state index contributed by atoms with van der Waals surface area (Å²) in [5.74, 6) is 3.34. The molecule has 0 unspecified atom stereocenters. The molecule has 0 N–H and O–H groups in total. The lowest BCUT2D eigenvalue weighted by atomic mass is 10.2. The Hall–Kier alpha value is -1.99. The number of nitrogens with zero attached hydrogens (tertiary/aromatic N) is 3. The molecule has 0 spiro atoms. The fourth-order valence-corrected chi connectivity index (χ4v) is 3.89. The Bertz CT molecular complexity index is 881. The van der Waals surface area contributed by atoms with Crippen LogP contribution >= 0.6 is 27.7 Å². The number of aromatic nitrogens is 3. The lowest BCUT2D eigenvalue weighted by Crippen LogP contribution is -2.07. The number of rotatable bonds is 8. The molecule has 0 bridgehead atoms. The number of halogens is 1. The van der Waals surface area contributed by atoms with E-state index in [0.29, 0.717) is 6.61 Å². The van der Waals surface area contributed by atoms with Crippen molar-refractivity contribution in [2.45, 2.75) is 25.0 Å². The second-order valence-electron chi connectivity index (χ2n) is 6.15. The standard InChI is InChI=1S/C20H22BrN3O2S/c1-14(2)24-19(15-7-9-17(25-3)10-8-15)22-23-20(24)27-12-11-26-18-6-4-5-16(21)13-18/h4-10,13-14H,11-12H2,1-3H3. The summed E-state index contributed by atoms with van der Waals surface area (Å²) in [7, 11) is 1.66. The normalized spacial score (nSPS) is 11.0. The second kappa shape index (κ2) is 9.28. The van der Waals surface area contributed by atoms with E-state index in [-0.39, 0.29) is 6.04 Å². The van der Waals surface area contributed by atoms with E-state index >= 15 is 0 Å². The Kier molecular flexibility index (Phi) is 6.79. The van der Waals surface area contributed by atoms with Crippen molar-refractivity contribution in [1.82, 2.24) is 14.8 Å². The van der Waals surface area contributed by atoms with Crippen LogP contribution in [0.25, 0.3) is 11.4 Å². The van der Waals surface area contributed by atoms with Gasteiger partial charge in [0.25, 0.3) is 0 Å². The summed E-state index contributed by atoms with van der Waals surface area (Å²) in [6.07, 6.45) is 0. The predicted molar refractivity (Wildman–Crippen MR) is 113 cm³/mol. The SMILES string of the molecule is COc1ccc(-c2nnc(SCCOc3cccc(Br)c3)n2C(C)C)cc1. The van der Waals surface area contributed by atoms with Crippen LogP contribution in [0.2, 0.25) is 0 Å². The van der Waals surface area contributed by atoms with Crippen LogP contribution in [-0.4, -0.2) is 34.2 Å². The van der Waals surface area contributed by atoms with Crippen molar-refractivity contribution in [3.05, 3.63) is 53.0 Å². The van der Waals surface area contributed by atoms with Crippen LogP contribution in [0, 0.1) is 0 Å². The average Bonchev–Trinajstić information content (AvgIpc) is 3.09. The summed E-state index contributed by atoms with van der Waals surface area (Å²) in [5, 5.41) is 9.71. The van der Waals surface area contributed by atoms with Gasteiger partial charge < -0.3 is 9.47 Å². The average molecular weight is 448 g/mol. The van der Waals surface area contributed by atoms with Gasteiger partial charge in [-0.15, -0.1) is 10.2 Å². The van der Waals surface area contributed by atoms with Crippen LogP contribution < -0.4 is 9.47 Å². The van der Waals surface area contributed by atoms with Crippen molar-refractivity contribution < 1.29 is 9.47 Å². The molecule has 7 heteroatoms. The first kappa shape index (κ1) is 19.8. The highest BCUT2D eigenvalue weighted by molar-refractivity contribution is 9.10. The van der Waals surface area contributed by atoms with Crippen LogP contribution in [0.1, 0.15) is 19.9 Å². The molecule has 0 atom stereocenters. The molecule has 0 amide bonds. The number of hydrogen-bond donors (Lipinski definition) is 0. The molecule has 5 nitrogen and oxygen atoms in total. The fraction of sp³-hybridized carbons (Fsp3) is 0.300. The van der Waals surface area contributed by atoms with Gasteiger partial charge in [0.1, 0.15) is 11.5 Å². The molecule has 3 aromatic rings. The van der Waals surface area contributed by atoms with Crippen molar-refractivity contribution in [2.75, 3.05) is 19.5 Å². The summed E-state index contributed by atoms with van der Waals surface area (Å²) in [5.41, 5.74) is 1.02. The quantitative estimate of drug-likeness (QED) is 0.338. The molecule has 0 saturated carbocycles. The van der Waals surface area contributed by atoms with Gasteiger partial charge in [0, 0.05) is 21.8 Å². The van der Waals surface area contributed by atoms with E-state index in [0.717, 1.165) is 38.3 Å². The minimum Gasteiger partial charge on any atom is -0.497 e. The Morgan fingerprint density at radius 2 is 1.85 bits per heavy atom. The van der Waals surface area contributed by atoms with E-state index in [1.165, 1.54) is 0 Å². The van der Waals surface area contributed by atoms with E-state index in [4.69, 9.17) is 9.47 Å². The zero-order chi connectivity index (χ0) is 19.2. The largest absolute Gasteiger partial charge is 0.497 e. The maximum atomic E-state index is 5.80. The van der Waals surface area contributed by atoms with E-state index in [2.05, 4.69) is 44.5 Å². The Labute approximate surface area is 172 Å². The number of thioether (sulfide) groups is 1. The maximum Gasteiger partial charge on any atom is 0.191 e. The molecule has 0 saturated heterocycles. The van der Waals surface area contributed by atoms with Gasteiger partial charge in [0.2, 0.25) is 0 Å². The highest BCUT2D eigenvalue weighted by Gasteiger charge is 2.16. The smallest absolute Gasteiger partial charge is 0.191 e. The monoisotopic (exact) mass is 447 g/mol. The molecule has 0 fully saturated rings. The minimum absolute atomic E-state index is 0.255. The maximum absolute atomic E-state index is 5.80. The number of benzene rings is 2. The highest BCUT2D eigenvalue weighted by atomic mass is 79.9. The lowest BCUT2D eigenvalue weighted by Gasteiger charge is -2.14. The summed E-state index contributed by atoms with van der Waals surface area (Å²) >= 11 is 5.10. The summed E-state index contributed by atoms with van der Waals surface area (Å²) < 4.78 is 14.2. The molecule has 1 heterocycles. The van der Waals surface area contributed by atoms with Crippen molar-refractivity contribution in [2.24, 2.45) is 0 Å². The third-order valence-corrected chi connectivity index (χ3v) is 5.31. The number of methoxy groups -OCH3 is 1. The first-order chi connectivity index (χ1) is 13.1. The van der Waals surface area contributed by atoms with Gasteiger partial charge in [-0.2, -0.15) is 0 Å². The highest BCUT2D eigenvalue weighted by Crippen LogP contribution is 2.28. The van der Waals surface area contributed by atoms with Crippen molar-refractivity contribution in [3.8, 4) is 22.9 Å². The number of hydrogen-bond acceptors (Lipinski definition) is 5. The number of ether oxygens (including phenoxy) is 2. The summed E-state index contributed by atoms with van der Waals surface area (Å²) in [6, 6.07) is 16.0. The van der Waals surface area contributed by atoms with Crippen LogP contribution in [-0.2, 0) is 0 Å². The molecule has 3 rings (SSSR count). The molecule has 0 radical (unpaired) electrons. The van der Waals surface area contributed by atoms with Crippen molar-refractivity contribution in [3.63, 3.8) is 0 Å². The second-order valence-corrected chi connectivity index (χ2v) is 8.13.